The van der Waals surface area contributed by atoms with Gasteiger partial charge in [0.25, 0.3) is 0 Å². The predicted molar refractivity (Wildman–Crippen MR) is 110 cm³/mol. The van der Waals surface area contributed by atoms with Gasteiger partial charge in [-0.05, 0) is 54.7 Å². The standard InChI is InChI=1S/C22H26ClN3O2/c1-14-5-3-6-18(15(14)2)24-22(28)21-19-7-4-12-25(19)13-20(27)26(21)17-10-8-16(23)9-11-17/h4,7-12,14-15,18,21H,3,5-6,13H2,1-2H3,(H,24,28)/t14-,15+,18+,21-/m1/s1. The lowest BCUT2D eigenvalue weighted by atomic mass is 9.78. The van der Waals surface area contributed by atoms with Crippen LogP contribution in [0.1, 0.15) is 44.8 Å². The number of hydrogen-bond acceptors (Lipinski definition) is 2. The van der Waals surface area contributed by atoms with E-state index in [9.17, 15) is 9.59 Å². The second-order valence-corrected chi connectivity index (χ2v) is 8.52. The van der Waals surface area contributed by atoms with E-state index >= 15 is 0 Å². The number of hydrogen-bond donors (Lipinski definition) is 1. The Morgan fingerprint density at radius 1 is 1.14 bits per heavy atom. The molecule has 28 heavy (non-hydrogen) atoms. The van der Waals surface area contributed by atoms with Gasteiger partial charge in [0.15, 0.2) is 6.04 Å². The molecular formula is C22H26ClN3O2. The van der Waals surface area contributed by atoms with Gasteiger partial charge in [-0.2, -0.15) is 0 Å². The van der Waals surface area contributed by atoms with Crippen LogP contribution in [0.2, 0.25) is 5.02 Å². The second-order valence-electron chi connectivity index (χ2n) is 8.09. The molecule has 1 aromatic heterocycles. The number of aromatic nitrogens is 1. The van der Waals surface area contributed by atoms with E-state index in [1.54, 1.807) is 29.2 Å². The molecule has 0 spiro atoms. The molecule has 2 aromatic rings. The highest BCUT2D eigenvalue weighted by molar-refractivity contribution is 6.30. The van der Waals surface area contributed by atoms with Crippen LogP contribution in [0, 0.1) is 11.8 Å². The number of rotatable bonds is 3. The molecule has 5 nitrogen and oxygen atoms in total. The van der Waals surface area contributed by atoms with Crippen molar-refractivity contribution in [2.75, 3.05) is 4.90 Å². The fourth-order valence-corrected chi connectivity index (χ4v) is 4.64. The van der Waals surface area contributed by atoms with Gasteiger partial charge in [0.2, 0.25) is 11.8 Å². The third-order valence-corrected chi connectivity index (χ3v) is 6.62. The summed E-state index contributed by atoms with van der Waals surface area (Å²) < 4.78 is 1.87. The summed E-state index contributed by atoms with van der Waals surface area (Å²) in [4.78, 5) is 28.0. The van der Waals surface area contributed by atoms with Crippen molar-refractivity contribution in [3.05, 3.63) is 53.3 Å². The lowest BCUT2D eigenvalue weighted by molar-refractivity contribution is -0.129. The Balaban J connectivity index is 1.67. The summed E-state index contributed by atoms with van der Waals surface area (Å²) in [5, 5.41) is 3.86. The van der Waals surface area contributed by atoms with Crippen molar-refractivity contribution in [2.45, 2.75) is 51.7 Å². The minimum Gasteiger partial charge on any atom is -0.351 e. The van der Waals surface area contributed by atoms with E-state index in [1.807, 2.05) is 22.9 Å². The first kappa shape index (κ1) is 19.1. The highest BCUT2D eigenvalue weighted by Crippen LogP contribution is 2.34. The number of anilines is 1. The molecule has 1 aliphatic carbocycles. The first-order valence-electron chi connectivity index (χ1n) is 9.98. The fourth-order valence-electron chi connectivity index (χ4n) is 4.51. The van der Waals surface area contributed by atoms with Crippen molar-refractivity contribution < 1.29 is 9.59 Å². The molecule has 1 fully saturated rings. The van der Waals surface area contributed by atoms with E-state index in [2.05, 4.69) is 19.2 Å². The maximum atomic E-state index is 13.4. The van der Waals surface area contributed by atoms with Gasteiger partial charge >= 0.3 is 0 Å². The van der Waals surface area contributed by atoms with E-state index < -0.39 is 6.04 Å². The van der Waals surface area contributed by atoms with E-state index in [4.69, 9.17) is 11.6 Å². The number of amides is 2. The molecule has 0 saturated heterocycles. The lowest BCUT2D eigenvalue weighted by Gasteiger charge is -2.39. The van der Waals surface area contributed by atoms with Crippen LogP contribution in [0.3, 0.4) is 0 Å². The van der Waals surface area contributed by atoms with Crippen molar-refractivity contribution >= 4 is 29.1 Å². The molecule has 1 aliphatic heterocycles. The average molecular weight is 400 g/mol. The third kappa shape index (κ3) is 3.44. The number of benzene rings is 1. The molecule has 2 aliphatic rings. The number of nitrogens with zero attached hydrogens (tertiary/aromatic N) is 2. The molecule has 1 saturated carbocycles. The summed E-state index contributed by atoms with van der Waals surface area (Å²) in [5.74, 6) is 0.793. The fraction of sp³-hybridized carbons (Fsp3) is 0.455. The van der Waals surface area contributed by atoms with Crippen LogP contribution >= 0.6 is 11.6 Å². The molecule has 2 heterocycles. The zero-order chi connectivity index (χ0) is 19.8. The molecule has 4 rings (SSSR count). The molecule has 148 valence electrons. The first-order valence-corrected chi connectivity index (χ1v) is 10.4. The largest absolute Gasteiger partial charge is 0.351 e. The Kier molecular flexibility index (Phi) is 5.19. The molecule has 0 bridgehead atoms. The summed E-state index contributed by atoms with van der Waals surface area (Å²) in [6, 6.07) is 10.4. The molecule has 4 atom stereocenters. The molecule has 0 radical (unpaired) electrons. The quantitative estimate of drug-likeness (QED) is 0.842. The first-order chi connectivity index (χ1) is 13.5. The number of nitrogens with one attached hydrogen (secondary N) is 1. The van der Waals surface area contributed by atoms with Gasteiger partial charge in [0.05, 0.1) is 5.69 Å². The Morgan fingerprint density at radius 2 is 1.89 bits per heavy atom. The van der Waals surface area contributed by atoms with Gasteiger partial charge in [0, 0.05) is 22.9 Å². The number of carbonyl (C=O) groups excluding carboxylic acids is 2. The maximum absolute atomic E-state index is 13.4. The molecule has 1 aromatic carbocycles. The zero-order valence-electron chi connectivity index (χ0n) is 16.3. The molecule has 0 unspecified atom stereocenters. The van der Waals surface area contributed by atoms with Crippen LogP contribution in [0.25, 0.3) is 0 Å². The van der Waals surface area contributed by atoms with Crippen LogP contribution in [0.4, 0.5) is 5.69 Å². The Labute approximate surface area is 170 Å². The highest BCUT2D eigenvalue weighted by atomic mass is 35.5. The third-order valence-electron chi connectivity index (χ3n) is 6.36. The van der Waals surface area contributed by atoms with Gasteiger partial charge in [-0.3, -0.25) is 14.5 Å². The van der Waals surface area contributed by atoms with E-state index in [0.717, 1.165) is 18.5 Å². The van der Waals surface area contributed by atoms with Crippen LogP contribution in [-0.2, 0) is 16.1 Å². The summed E-state index contributed by atoms with van der Waals surface area (Å²) >= 11 is 6.02. The summed E-state index contributed by atoms with van der Waals surface area (Å²) in [6.45, 7) is 4.68. The summed E-state index contributed by atoms with van der Waals surface area (Å²) in [6.07, 6.45) is 5.17. The van der Waals surface area contributed by atoms with E-state index in [0.29, 0.717) is 22.5 Å². The summed E-state index contributed by atoms with van der Waals surface area (Å²) in [7, 11) is 0. The van der Waals surface area contributed by atoms with Gasteiger partial charge in [-0.1, -0.05) is 38.3 Å². The zero-order valence-corrected chi connectivity index (χ0v) is 17.0. The van der Waals surface area contributed by atoms with E-state index in [1.165, 1.54) is 6.42 Å². The van der Waals surface area contributed by atoms with Crippen molar-refractivity contribution in [1.82, 2.24) is 9.88 Å². The van der Waals surface area contributed by atoms with Crippen LogP contribution < -0.4 is 10.2 Å². The lowest BCUT2D eigenvalue weighted by Crippen LogP contribution is -2.53. The Morgan fingerprint density at radius 3 is 2.64 bits per heavy atom. The van der Waals surface area contributed by atoms with Crippen molar-refractivity contribution in [3.63, 3.8) is 0 Å². The second kappa shape index (κ2) is 7.63. The normalized spacial score (nSPS) is 27.4. The van der Waals surface area contributed by atoms with Gasteiger partial charge in [-0.25, -0.2) is 0 Å². The number of fused-ring (bicyclic) bond motifs is 1. The molecule has 2 amide bonds. The number of carbonyl (C=O) groups is 2. The predicted octanol–water partition coefficient (Wildman–Crippen LogP) is 4.17. The average Bonchev–Trinajstić information content (AvgIpc) is 3.13. The van der Waals surface area contributed by atoms with Gasteiger partial charge in [0.1, 0.15) is 6.54 Å². The summed E-state index contributed by atoms with van der Waals surface area (Å²) in [5.41, 5.74) is 1.52. The SMILES string of the molecule is C[C@H]1[C@H](C)CCC[C@@H]1NC(=O)[C@H]1c2cccn2CC(=O)N1c1ccc(Cl)cc1. The van der Waals surface area contributed by atoms with Gasteiger partial charge in [-0.15, -0.1) is 0 Å². The van der Waals surface area contributed by atoms with Crippen LogP contribution in [-0.4, -0.2) is 22.4 Å². The number of halogens is 1. The van der Waals surface area contributed by atoms with Crippen LogP contribution in [0.5, 0.6) is 0 Å². The van der Waals surface area contributed by atoms with Crippen molar-refractivity contribution in [1.29, 1.82) is 0 Å². The van der Waals surface area contributed by atoms with Crippen molar-refractivity contribution in [2.24, 2.45) is 11.8 Å². The highest BCUT2D eigenvalue weighted by Gasteiger charge is 2.40. The van der Waals surface area contributed by atoms with E-state index in [-0.39, 0.29) is 24.4 Å². The smallest absolute Gasteiger partial charge is 0.249 e. The maximum Gasteiger partial charge on any atom is 0.249 e. The van der Waals surface area contributed by atoms with Crippen molar-refractivity contribution in [3.8, 4) is 0 Å². The molecule has 1 N–H and O–H groups in total. The van der Waals surface area contributed by atoms with Crippen LogP contribution in [0.15, 0.2) is 42.6 Å². The Bertz CT molecular complexity index is 876. The topological polar surface area (TPSA) is 54.3 Å². The molecular weight excluding hydrogens is 374 g/mol. The minimum absolute atomic E-state index is 0.101. The minimum atomic E-state index is -0.679. The monoisotopic (exact) mass is 399 g/mol. The molecule has 6 heteroatoms. The van der Waals surface area contributed by atoms with Gasteiger partial charge < -0.3 is 9.88 Å². The Hall–Kier alpha value is -2.27.